The summed E-state index contributed by atoms with van der Waals surface area (Å²) in [5.74, 6) is 0.896. The summed E-state index contributed by atoms with van der Waals surface area (Å²) in [4.78, 5) is 11.5. The largest absolute Gasteiger partial charge is 0.444 e. The number of nitrogens with one attached hydrogen (secondary N) is 2. The zero-order valence-corrected chi connectivity index (χ0v) is 11.1. The zero-order valence-electron chi connectivity index (χ0n) is 11.1. The van der Waals surface area contributed by atoms with Crippen molar-refractivity contribution in [2.45, 2.75) is 32.8 Å². The van der Waals surface area contributed by atoms with Crippen LogP contribution in [0.4, 0.5) is 4.79 Å². The van der Waals surface area contributed by atoms with E-state index in [-0.39, 0.29) is 6.09 Å². The first-order valence-electron chi connectivity index (χ1n) is 6.30. The quantitative estimate of drug-likeness (QED) is 0.682. The molecule has 1 amide bonds. The predicted molar refractivity (Wildman–Crippen MR) is 67.8 cm³/mol. The molecule has 0 saturated carbocycles. The van der Waals surface area contributed by atoms with E-state index in [2.05, 4.69) is 10.6 Å². The fraction of sp³-hybridized carbons (Fsp3) is 0.917. The maximum atomic E-state index is 11.5. The molecule has 0 aliphatic carbocycles. The fourth-order valence-electron chi connectivity index (χ4n) is 2.06. The topological polar surface area (TPSA) is 76.4 Å². The number of carbonyl (C=O) groups is 1. The van der Waals surface area contributed by atoms with Crippen LogP contribution >= 0.6 is 0 Å². The minimum Gasteiger partial charge on any atom is -0.444 e. The predicted octanol–water partition coefficient (Wildman–Crippen LogP) is 0.696. The molecule has 1 heterocycles. The van der Waals surface area contributed by atoms with Crippen LogP contribution in [0.15, 0.2) is 0 Å². The van der Waals surface area contributed by atoms with Crippen molar-refractivity contribution in [3.8, 4) is 0 Å². The number of nitrogens with two attached hydrogens (primary N) is 1. The average molecular weight is 243 g/mol. The van der Waals surface area contributed by atoms with E-state index in [1.165, 1.54) is 0 Å². The van der Waals surface area contributed by atoms with E-state index in [1.54, 1.807) is 0 Å². The van der Waals surface area contributed by atoms with Gasteiger partial charge < -0.3 is 21.1 Å². The Kier molecular flexibility index (Phi) is 5.21. The number of ether oxygens (including phenoxy) is 1. The number of alkyl carbamates (subject to hydrolysis) is 1. The van der Waals surface area contributed by atoms with Gasteiger partial charge in [-0.05, 0) is 58.7 Å². The molecule has 0 bridgehead atoms. The van der Waals surface area contributed by atoms with E-state index in [1.807, 2.05) is 20.8 Å². The molecule has 1 aliphatic heterocycles. The number of amides is 1. The number of rotatable bonds is 3. The van der Waals surface area contributed by atoms with Crippen LogP contribution in [0.1, 0.15) is 27.2 Å². The standard InChI is InChI=1S/C12H25N3O2/c1-12(2,3)17-11(16)15-8-10-7-14-5-4-9(10)6-13/h9-10,14H,4-8,13H2,1-3H3,(H,15,16)/t9-,10+/m1/s1. The van der Waals surface area contributed by atoms with Crippen LogP contribution in [0.5, 0.6) is 0 Å². The summed E-state index contributed by atoms with van der Waals surface area (Å²) in [5.41, 5.74) is 5.29. The summed E-state index contributed by atoms with van der Waals surface area (Å²) in [6.07, 6.45) is 0.732. The van der Waals surface area contributed by atoms with Gasteiger partial charge in [0.25, 0.3) is 0 Å². The minimum atomic E-state index is -0.442. The van der Waals surface area contributed by atoms with Crippen LogP contribution in [0.25, 0.3) is 0 Å². The molecule has 1 saturated heterocycles. The molecule has 5 heteroatoms. The number of piperidine rings is 1. The van der Waals surface area contributed by atoms with Crippen LogP contribution in [-0.2, 0) is 4.74 Å². The molecule has 4 N–H and O–H groups in total. The molecule has 100 valence electrons. The highest BCUT2D eigenvalue weighted by Gasteiger charge is 2.25. The van der Waals surface area contributed by atoms with Gasteiger partial charge in [0.15, 0.2) is 0 Å². The molecule has 0 unspecified atom stereocenters. The van der Waals surface area contributed by atoms with Gasteiger partial charge in [-0.1, -0.05) is 0 Å². The number of carbonyl (C=O) groups excluding carboxylic acids is 1. The van der Waals surface area contributed by atoms with Crippen LogP contribution in [-0.4, -0.2) is 37.9 Å². The molecule has 1 fully saturated rings. The molecule has 1 aliphatic rings. The maximum Gasteiger partial charge on any atom is 0.407 e. The van der Waals surface area contributed by atoms with Crippen molar-refractivity contribution < 1.29 is 9.53 Å². The van der Waals surface area contributed by atoms with Crippen molar-refractivity contribution in [1.82, 2.24) is 10.6 Å². The highest BCUT2D eigenvalue weighted by molar-refractivity contribution is 5.67. The van der Waals surface area contributed by atoms with Crippen molar-refractivity contribution in [3.63, 3.8) is 0 Å². The Hall–Kier alpha value is -0.810. The van der Waals surface area contributed by atoms with Crippen molar-refractivity contribution in [2.75, 3.05) is 26.2 Å². The average Bonchev–Trinajstić information content (AvgIpc) is 2.24. The molecule has 0 aromatic carbocycles. The minimum absolute atomic E-state index is 0.348. The highest BCUT2D eigenvalue weighted by Crippen LogP contribution is 2.17. The normalized spacial score (nSPS) is 25.4. The van der Waals surface area contributed by atoms with Gasteiger partial charge >= 0.3 is 6.09 Å². The Morgan fingerprint density at radius 2 is 2.18 bits per heavy atom. The molecule has 0 spiro atoms. The van der Waals surface area contributed by atoms with Gasteiger partial charge in [0.1, 0.15) is 5.60 Å². The number of hydrogen-bond donors (Lipinski definition) is 3. The second-order valence-electron chi connectivity index (χ2n) is 5.63. The Bertz CT molecular complexity index is 251. The van der Waals surface area contributed by atoms with Gasteiger partial charge in [-0.15, -0.1) is 0 Å². The van der Waals surface area contributed by atoms with Crippen molar-refractivity contribution in [3.05, 3.63) is 0 Å². The Morgan fingerprint density at radius 3 is 2.76 bits per heavy atom. The third-order valence-corrected chi connectivity index (χ3v) is 2.98. The Balaban J connectivity index is 2.31. The second-order valence-corrected chi connectivity index (χ2v) is 5.63. The summed E-state index contributed by atoms with van der Waals surface area (Å²) in [5, 5.41) is 6.14. The second kappa shape index (κ2) is 6.21. The molecule has 0 aromatic rings. The highest BCUT2D eigenvalue weighted by atomic mass is 16.6. The van der Waals surface area contributed by atoms with E-state index < -0.39 is 5.60 Å². The summed E-state index contributed by atoms with van der Waals surface area (Å²) in [6.45, 7) is 8.82. The molecule has 0 radical (unpaired) electrons. The summed E-state index contributed by atoms with van der Waals surface area (Å²) in [7, 11) is 0. The van der Waals surface area contributed by atoms with Crippen molar-refractivity contribution in [2.24, 2.45) is 17.6 Å². The van der Waals surface area contributed by atoms with E-state index >= 15 is 0 Å². The Labute approximate surface area is 103 Å². The van der Waals surface area contributed by atoms with Crippen molar-refractivity contribution in [1.29, 1.82) is 0 Å². The molecular formula is C12H25N3O2. The SMILES string of the molecule is CC(C)(C)OC(=O)NC[C@@H]1CNCC[C@@H]1CN. The molecular weight excluding hydrogens is 218 g/mol. The zero-order chi connectivity index (χ0) is 12.9. The van der Waals surface area contributed by atoms with Crippen LogP contribution < -0.4 is 16.4 Å². The number of hydrogen-bond acceptors (Lipinski definition) is 4. The first-order chi connectivity index (χ1) is 7.92. The first kappa shape index (κ1) is 14.3. The van der Waals surface area contributed by atoms with Crippen LogP contribution in [0.3, 0.4) is 0 Å². The van der Waals surface area contributed by atoms with Crippen LogP contribution in [0.2, 0.25) is 0 Å². The lowest BCUT2D eigenvalue weighted by atomic mass is 9.86. The van der Waals surface area contributed by atoms with E-state index in [9.17, 15) is 4.79 Å². The summed E-state index contributed by atoms with van der Waals surface area (Å²) in [6, 6.07) is 0. The summed E-state index contributed by atoms with van der Waals surface area (Å²) < 4.78 is 5.20. The molecule has 2 atom stereocenters. The van der Waals surface area contributed by atoms with Crippen molar-refractivity contribution >= 4 is 6.09 Å². The van der Waals surface area contributed by atoms with Gasteiger partial charge in [-0.3, -0.25) is 0 Å². The third-order valence-electron chi connectivity index (χ3n) is 2.98. The lowest BCUT2D eigenvalue weighted by Crippen LogP contribution is -2.46. The monoisotopic (exact) mass is 243 g/mol. The van der Waals surface area contributed by atoms with Crippen LogP contribution in [0, 0.1) is 11.8 Å². The van der Waals surface area contributed by atoms with E-state index in [0.29, 0.717) is 24.9 Å². The third kappa shape index (κ3) is 5.37. The maximum absolute atomic E-state index is 11.5. The smallest absolute Gasteiger partial charge is 0.407 e. The molecule has 0 aromatic heterocycles. The van der Waals surface area contributed by atoms with E-state index in [0.717, 1.165) is 19.5 Å². The van der Waals surface area contributed by atoms with Gasteiger partial charge in [-0.25, -0.2) is 4.79 Å². The molecule has 17 heavy (non-hydrogen) atoms. The fourth-order valence-corrected chi connectivity index (χ4v) is 2.06. The summed E-state index contributed by atoms with van der Waals surface area (Å²) >= 11 is 0. The van der Waals surface area contributed by atoms with Gasteiger partial charge in [-0.2, -0.15) is 0 Å². The lowest BCUT2D eigenvalue weighted by molar-refractivity contribution is 0.0509. The van der Waals surface area contributed by atoms with Gasteiger partial charge in [0.05, 0.1) is 0 Å². The van der Waals surface area contributed by atoms with Gasteiger partial charge in [0.2, 0.25) is 0 Å². The van der Waals surface area contributed by atoms with Gasteiger partial charge in [0, 0.05) is 6.54 Å². The Morgan fingerprint density at radius 1 is 1.47 bits per heavy atom. The molecule has 5 nitrogen and oxygen atoms in total. The molecule has 1 rings (SSSR count). The van der Waals surface area contributed by atoms with E-state index in [4.69, 9.17) is 10.5 Å². The first-order valence-corrected chi connectivity index (χ1v) is 6.30. The lowest BCUT2D eigenvalue weighted by Gasteiger charge is -2.31.